The lowest BCUT2D eigenvalue weighted by atomic mass is 9.33. The molecular formula is C53H86O22. The van der Waals surface area contributed by atoms with E-state index in [2.05, 4.69) is 40.7 Å². The number of fused-ring (bicyclic) bond motifs is 7. The van der Waals surface area contributed by atoms with Crippen molar-refractivity contribution in [2.75, 3.05) is 26.4 Å². The van der Waals surface area contributed by atoms with Gasteiger partial charge in [0.25, 0.3) is 0 Å². The molecule has 0 bridgehead atoms. The number of carbonyl (C=O) groups is 1. The average molecular weight is 1080 g/mol. The van der Waals surface area contributed by atoms with Crippen molar-refractivity contribution in [3.63, 3.8) is 0 Å². The van der Waals surface area contributed by atoms with Crippen molar-refractivity contribution >= 4 is 5.97 Å². The highest BCUT2D eigenvalue weighted by atomic mass is 16.8. The van der Waals surface area contributed by atoms with Gasteiger partial charge in [-0.3, -0.25) is 4.79 Å². The van der Waals surface area contributed by atoms with Crippen LogP contribution in [-0.4, -0.2) is 222 Å². The number of aliphatic hydroxyl groups is 13. The Hall–Kier alpha value is -1.59. The molecule has 22 heteroatoms. The van der Waals surface area contributed by atoms with Gasteiger partial charge in [-0.1, -0.05) is 53.2 Å². The Morgan fingerprint density at radius 1 is 0.640 bits per heavy atom. The molecule has 4 saturated carbocycles. The van der Waals surface area contributed by atoms with Crippen LogP contribution in [0.5, 0.6) is 0 Å². The normalized spacial score (nSPS) is 54.8. The molecule has 4 aliphatic heterocycles. The van der Waals surface area contributed by atoms with Gasteiger partial charge >= 0.3 is 5.97 Å². The molecule has 0 aromatic rings. The molecule has 75 heavy (non-hydrogen) atoms. The largest absolute Gasteiger partial charge is 0.432 e. The van der Waals surface area contributed by atoms with Crippen molar-refractivity contribution in [1.29, 1.82) is 0 Å². The van der Waals surface area contributed by atoms with Crippen LogP contribution in [0.25, 0.3) is 0 Å². The summed E-state index contributed by atoms with van der Waals surface area (Å²) < 4.78 is 47.0. The maximum atomic E-state index is 15.1. The highest BCUT2D eigenvalue weighted by Gasteiger charge is 2.70. The van der Waals surface area contributed by atoms with Crippen LogP contribution in [0.15, 0.2) is 11.6 Å². The molecule has 430 valence electrons. The first kappa shape index (κ1) is 58.1. The second kappa shape index (κ2) is 21.1. The van der Waals surface area contributed by atoms with E-state index < -0.39 is 153 Å². The van der Waals surface area contributed by atoms with Crippen molar-refractivity contribution < 1.29 is 109 Å². The maximum absolute atomic E-state index is 15.1. The van der Waals surface area contributed by atoms with E-state index in [4.69, 9.17) is 37.9 Å². The zero-order valence-electron chi connectivity index (χ0n) is 44.2. The smallest absolute Gasteiger partial charge is 0.315 e. The molecule has 0 aromatic carbocycles. The molecule has 1 unspecified atom stereocenters. The third kappa shape index (κ3) is 9.50. The first-order valence-electron chi connectivity index (χ1n) is 27.3. The van der Waals surface area contributed by atoms with Crippen LogP contribution in [0.2, 0.25) is 0 Å². The summed E-state index contributed by atoms with van der Waals surface area (Å²) in [5.74, 6) is -0.615. The number of ether oxygens (including phenoxy) is 8. The standard InChI is InChI=1S/C53H86O22/c1-23-32(57)35(60)39(64)45(70-23)74-42-27(19-54)71-43(41(66)37(42)62)69-21-28-34(59)36(61)40(65)46(72-28)75-47(67)53-16-14-48(2,3)18-25(53)24-8-9-30-49(4)12-11-31(73-44-38(63)33(58)26(56)20-68-44)50(5,22-55)29(49)10-13-52(30,7)51(24,6)15-17-53/h8,23,25-46,54-66H,9-22H2,1-7H3/t23-,25-,26+,27+,28+,29?,30+,31-,32-,33+,34+,35+,36-,37+,38+,39+,40+,41+,42+,43+,44-,45-,46-,49-,50-,51+,52+,53-/m0/s1. The fourth-order valence-corrected chi connectivity index (χ4v) is 16.1. The van der Waals surface area contributed by atoms with Crippen LogP contribution in [-0.2, 0) is 42.7 Å². The lowest BCUT2D eigenvalue weighted by Crippen LogP contribution is -2.67. The molecule has 13 N–H and O–H groups in total. The van der Waals surface area contributed by atoms with E-state index in [1.165, 1.54) is 12.5 Å². The molecule has 4 heterocycles. The molecule has 9 rings (SSSR count). The lowest BCUT2D eigenvalue weighted by Gasteiger charge is -2.71. The van der Waals surface area contributed by atoms with E-state index in [-0.39, 0.29) is 52.6 Å². The molecule has 8 fully saturated rings. The number of esters is 1. The quantitative estimate of drug-likeness (QED) is 0.0643. The van der Waals surface area contributed by atoms with E-state index in [0.29, 0.717) is 38.5 Å². The summed E-state index contributed by atoms with van der Waals surface area (Å²) in [6, 6.07) is 0. The summed E-state index contributed by atoms with van der Waals surface area (Å²) >= 11 is 0. The third-order valence-corrected chi connectivity index (χ3v) is 21.1. The van der Waals surface area contributed by atoms with Gasteiger partial charge in [0, 0.05) is 5.41 Å². The Bertz CT molecular complexity index is 2060. The summed E-state index contributed by atoms with van der Waals surface area (Å²) in [6.45, 7) is 13.2. The minimum atomic E-state index is -1.87. The Labute approximate surface area is 437 Å². The van der Waals surface area contributed by atoms with Gasteiger partial charge in [-0.15, -0.1) is 0 Å². The highest BCUT2D eigenvalue weighted by Crippen LogP contribution is 2.76. The summed E-state index contributed by atoms with van der Waals surface area (Å²) in [5, 5.41) is 139. The van der Waals surface area contributed by atoms with Gasteiger partial charge < -0.3 is 104 Å². The highest BCUT2D eigenvalue weighted by molar-refractivity contribution is 5.79. The Kier molecular flexibility index (Phi) is 16.3. The number of rotatable bonds is 11. The van der Waals surface area contributed by atoms with Gasteiger partial charge in [0.1, 0.15) is 85.5 Å². The van der Waals surface area contributed by atoms with E-state index in [0.717, 1.165) is 25.7 Å². The van der Waals surface area contributed by atoms with E-state index in [9.17, 15) is 66.4 Å². The first-order chi connectivity index (χ1) is 35.1. The van der Waals surface area contributed by atoms with Crippen LogP contribution in [0.1, 0.15) is 113 Å². The number of hydrogen-bond acceptors (Lipinski definition) is 22. The summed E-state index contributed by atoms with van der Waals surface area (Å²) in [7, 11) is 0. The fraction of sp³-hybridized carbons (Fsp3) is 0.943. The Morgan fingerprint density at radius 3 is 1.97 bits per heavy atom. The predicted molar refractivity (Wildman–Crippen MR) is 257 cm³/mol. The van der Waals surface area contributed by atoms with Crippen molar-refractivity contribution in [1.82, 2.24) is 0 Å². The zero-order chi connectivity index (χ0) is 54.7. The van der Waals surface area contributed by atoms with E-state index in [1.807, 2.05) is 6.92 Å². The minimum absolute atomic E-state index is 0.0319. The molecule has 9 aliphatic rings. The third-order valence-electron chi connectivity index (χ3n) is 21.1. The van der Waals surface area contributed by atoms with Crippen LogP contribution >= 0.6 is 0 Å². The summed E-state index contributed by atoms with van der Waals surface area (Å²) in [6.07, 6.45) is -21.1. The van der Waals surface area contributed by atoms with E-state index >= 15 is 4.79 Å². The second-order valence-corrected chi connectivity index (χ2v) is 25.7. The molecule has 28 atom stereocenters. The molecule has 0 spiro atoms. The topological polar surface area (TPSA) is 354 Å². The average Bonchev–Trinajstić information content (AvgIpc) is 3.37. The van der Waals surface area contributed by atoms with Crippen molar-refractivity contribution in [2.45, 2.75) is 235 Å². The number of carbonyl (C=O) groups excluding carboxylic acids is 1. The van der Waals surface area contributed by atoms with Gasteiger partial charge in [-0.05, 0) is 111 Å². The van der Waals surface area contributed by atoms with Gasteiger partial charge in [-0.2, -0.15) is 0 Å². The van der Waals surface area contributed by atoms with Crippen molar-refractivity contribution in [3.05, 3.63) is 11.6 Å². The number of hydrogen-bond donors (Lipinski definition) is 13. The van der Waals surface area contributed by atoms with Gasteiger partial charge in [0.2, 0.25) is 6.29 Å². The lowest BCUT2D eigenvalue weighted by molar-refractivity contribution is -0.361. The molecule has 0 radical (unpaired) electrons. The summed E-state index contributed by atoms with van der Waals surface area (Å²) in [4.78, 5) is 15.1. The van der Waals surface area contributed by atoms with Gasteiger partial charge in [0.15, 0.2) is 18.9 Å². The monoisotopic (exact) mass is 1070 g/mol. The zero-order valence-corrected chi connectivity index (χ0v) is 44.2. The van der Waals surface area contributed by atoms with Gasteiger partial charge in [-0.25, -0.2) is 0 Å². The van der Waals surface area contributed by atoms with Crippen molar-refractivity contribution in [2.24, 2.45) is 50.2 Å². The molecular weight excluding hydrogens is 989 g/mol. The fourth-order valence-electron chi connectivity index (χ4n) is 16.1. The molecule has 4 saturated heterocycles. The Morgan fingerprint density at radius 2 is 1.28 bits per heavy atom. The SMILES string of the molecule is C[C@@H]1O[C@@H](O[C@H]2[C@H](O)[C@@H](O)[C@H](OC[C@H]3O[C@@H](OC(=O)[C@]45CCC(C)(C)C[C@H]4C4=CC[C@@H]6[C@@]7(C)CC[C@H](O[C@@H]8OC[C@@H](O)[C@@H](O)[C@H]8O)[C@@](C)(CO)C7CC[C@@]6(C)[C@]4(C)CC5)[C@H](O)[C@@H](O)[C@@H]3O)O[C@@H]2CO)[C@H](O)[C@H](O)[C@H]1O. The molecule has 5 aliphatic carbocycles. The predicted octanol–water partition coefficient (Wildman–Crippen LogP) is -1.40. The second-order valence-electron chi connectivity index (χ2n) is 25.7. The summed E-state index contributed by atoms with van der Waals surface area (Å²) in [5.41, 5.74) is -1.46. The Balaban J connectivity index is 0.898. The van der Waals surface area contributed by atoms with E-state index in [1.54, 1.807) is 0 Å². The van der Waals surface area contributed by atoms with Crippen LogP contribution in [0.3, 0.4) is 0 Å². The maximum Gasteiger partial charge on any atom is 0.315 e. The minimum Gasteiger partial charge on any atom is -0.432 e. The molecule has 0 amide bonds. The molecule has 0 aromatic heterocycles. The number of aliphatic hydroxyl groups excluding tert-OH is 13. The van der Waals surface area contributed by atoms with Crippen molar-refractivity contribution in [3.8, 4) is 0 Å². The first-order valence-corrected chi connectivity index (χ1v) is 27.3. The van der Waals surface area contributed by atoms with Crippen LogP contribution < -0.4 is 0 Å². The van der Waals surface area contributed by atoms with Crippen LogP contribution in [0, 0.1) is 50.2 Å². The number of allylic oxidation sites excluding steroid dienone is 2. The molecule has 22 nitrogen and oxygen atoms in total. The van der Waals surface area contributed by atoms with Crippen LogP contribution in [0.4, 0.5) is 0 Å². The van der Waals surface area contributed by atoms with Gasteiger partial charge in [0.05, 0.1) is 44.1 Å².